The number of nitrogens with zero attached hydrogens (tertiary/aromatic N) is 2. The third kappa shape index (κ3) is 2.94. The number of hydrogen-bond donors (Lipinski definition) is 0. The van der Waals surface area contributed by atoms with Gasteiger partial charge in [0.25, 0.3) is 5.56 Å². The Kier molecular flexibility index (Phi) is 4.69. The van der Waals surface area contributed by atoms with Gasteiger partial charge in [-0.3, -0.25) is 14.2 Å². The lowest BCUT2D eigenvalue weighted by molar-refractivity contribution is -0.143. The van der Waals surface area contributed by atoms with Crippen molar-refractivity contribution in [2.24, 2.45) is 14.1 Å². The van der Waals surface area contributed by atoms with Crippen molar-refractivity contribution in [1.29, 1.82) is 0 Å². The van der Waals surface area contributed by atoms with Crippen molar-refractivity contribution in [1.82, 2.24) is 9.13 Å². The predicted octanol–water partition coefficient (Wildman–Crippen LogP) is 0.449. The van der Waals surface area contributed by atoms with E-state index in [1.165, 1.54) is 11.6 Å². The van der Waals surface area contributed by atoms with Crippen molar-refractivity contribution in [3.05, 3.63) is 32.1 Å². The molecule has 0 fully saturated rings. The zero-order valence-electron chi connectivity index (χ0n) is 12.0. The first-order chi connectivity index (χ1) is 8.81. The second-order valence-electron chi connectivity index (χ2n) is 4.62. The number of ether oxygens (including phenoxy) is 1. The molecular weight excluding hydrogens is 248 g/mol. The Hall–Kier alpha value is -1.85. The molecule has 1 aromatic rings. The highest BCUT2D eigenvalue weighted by Gasteiger charge is 2.20. The zero-order chi connectivity index (χ0) is 14.7. The zero-order valence-corrected chi connectivity index (χ0v) is 12.0. The van der Waals surface area contributed by atoms with Crippen LogP contribution in [0.2, 0.25) is 0 Å². The van der Waals surface area contributed by atoms with Crippen molar-refractivity contribution < 1.29 is 9.53 Å². The molecule has 0 aliphatic rings. The molecule has 0 spiro atoms. The molecule has 0 bridgehead atoms. The van der Waals surface area contributed by atoms with E-state index in [4.69, 9.17) is 4.74 Å². The smallest absolute Gasteiger partial charge is 0.330 e. The van der Waals surface area contributed by atoms with E-state index in [0.29, 0.717) is 17.9 Å². The monoisotopic (exact) mass is 268 g/mol. The Balaban J connectivity index is 3.25. The van der Waals surface area contributed by atoms with E-state index in [0.717, 1.165) is 4.57 Å². The molecule has 6 nitrogen and oxygen atoms in total. The van der Waals surface area contributed by atoms with Gasteiger partial charge in [-0.2, -0.15) is 0 Å². The summed E-state index contributed by atoms with van der Waals surface area (Å²) in [5.41, 5.74) is 0.356. The van der Waals surface area contributed by atoms with Crippen molar-refractivity contribution in [3.8, 4) is 0 Å². The molecule has 6 heteroatoms. The molecule has 1 rings (SSSR count). The quantitative estimate of drug-likeness (QED) is 0.743. The van der Waals surface area contributed by atoms with Crippen LogP contribution < -0.4 is 11.2 Å². The molecule has 19 heavy (non-hydrogen) atoms. The molecule has 1 heterocycles. The van der Waals surface area contributed by atoms with Crippen molar-refractivity contribution in [2.45, 2.75) is 33.1 Å². The molecular formula is C13H20N2O4. The average molecular weight is 268 g/mol. The summed E-state index contributed by atoms with van der Waals surface area (Å²) >= 11 is 0. The van der Waals surface area contributed by atoms with E-state index in [9.17, 15) is 14.4 Å². The molecule has 0 radical (unpaired) electrons. The van der Waals surface area contributed by atoms with Gasteiger partial charge in [0.15, 0.2) is 0 Å². The van der Waals surface area contributed by atoms with Crippen LogP contribution in [0.3, 0.4) is 0 Å². The third-order valence-electron chi connectivity index (χ3n) is 3.27. The number of esters is 1. The summed E-state index contributed by atoms with van der Waals surface area (Å²) in [6.07, 6.45) is 0.127. The summed E-state index contributed by atoms with van der Waals surface area (Å²) < 4.78 is 7.36. The van der Waals surface area contributed by atoms with Gasteiger partial charge in [0.1, 0.15) is 0 Å². The molecule has 0 saturated carbocycles. The first-order valence-corrected chi connectivity index (χ1v) is 6.23. The lowest BCUT2D eigenvalue weighted by Crippen LogP contribution is -2.41. The molecule has 1 atom stereocenters. The van der Waals surface area contributed by atoms with Gasteiger partial charge in [-0.25, -0.2) is 4.79 Å². The van der Waals surface area contributed by atoms with E-state index in [2.05, 4.69) is 0 Å². The molecule has 0 unspecified atom stereocenters. The van der Waals surface area contributed by atoms with Crippen LogP contribution in [-0.2, 0) is 23.6 Å². The fourth-order valence-corrected chi connectivity index (χ4v) is 2.11. The Labute approximate surface area is 111 Å². The largest absolute Gasteiger partial charge is 0.466 e. The lowest BCUT2D eigenvalue weighted by Gasteiger charge is -2.16. The van der Waals surface area contributed by atoms with Crippen LogP contribution in [0.15, 0.2) is 9.59 Å². The Bertz CT molecular complexity index is 598. The second kappa shape index (κ2) is 5.86. The minimum atomic E-state index is -0.366. The molecule has 0 aromatic carbocycles. The highest BCUT2D eigenvalue weighted by atomic mass is 16.5. The van der Waals surface area contributed by atoms with Crippen molar-refractivity contribution >= 4 is 5.97 Å². The summed E-state index contributed by atoms with van der Waals surface area (Å²) in [6.45, 7) is 5.54. The van der Waals surface area contributed by atoms with Crippen molar-refractivity contribution in [2.75, 3.05) is 6.61 Å². The molecule has 106 valence electrons. The van der Waals surface area contributed by atoms with E-state index < -0.39 is 0 Å². The topological polar surface area (TPSA) is 70.3 Å². The number of carbonyl (C=O) groups excluding carboxylic acids is 1. The summed E-state index contributed by atoms with van der Waals surface area (Å²) in [6, 6.07) is 0. The highest BCUT2D eigenvalue weighted by Crippen LogP contribution is 2.18. The molecule has 0 amide bonds. The summed E-state index contributed by atoms with van der Waals surface area (Å²) in [5, 5.41) is 0. The van der Waals surface area contributed by atoms with Crippen LogP contribution in [0.1, 0.15) is 37.4 Å². The second-order valence-corrected chi connectivity index (χ2v) is 4.62. The minimum Gasteiger partial charge on any atom is -0.466 e. The summed E-state index contributed by atoms with van der Waals surface area (Å²) in [5.74, 6) is -0.630. The molecule has 0 aliphatic heterocycles. The number of carbonyl (C=O) groups is 1. The molecule has 0 N–H and O–H groups in total. The van der Waals surface area contributed by atoms with Crippen LogP contribution in [0.25, 0.3) is 0 Å². The van der Waals surface area contributed by atoms with Gasteiger partial charge < -0.3 is 9.30 Å². The van der Waals surface area contributed by atoms with Gasteiger partial charge in [0, 0.05) is 25.4 Å². The maximum atomic E-state index is 12.1. The highest BCUT2D eigenvalue weighted by molar-refractivity contribution is 5.70. The van der Waals surface area contributed by atoms with E-state index in [-0.39, 0.29) is 29.6 Å². The van der Waals surface area contributed by atoms with Gasteiger partial charge >= 0.3 is 11.7 Å². The predicted molar refractivity (Wildman–Crippen MR) is 71.3 cm³/mol. The van der Waals surface area contributed by atoms with E-state index in [1.54, 1.807) is 27.8 Å². The van der Waals surface area contributed by atoms with Gasteiger partial charge in [-0.15, -0.1) is 0 Å². The van der Waals surface area contributed by atoms with Gasteiger partial charge in [-0.05, 0) is 19.8 Å². The summed E-state index contributed by atoms with van der Waals surface area (Å²) in [4.78, 5) is 35.4. The third-order valence-corrected chi connectivity index (χ3v) is 3.27. The van der Waals surface area contributed by atoms with E-state index in [1.807, 2.05) is 0 Å². The molecule has 0 aliphatic carbocycles. The Morgan fingerprint density at radius 2 is 1.84 bits per heavy atom. The lowest BCUT2D eigenvalue weighted by atomic mass is 9.97. The first kappa shape index (κ1) is 15.2. The fourth-order valence-electron chi connectivity index (χ4n) is 2.11. The van der Waals surface area contributed by atoms with Crippen LogP contribution in [0, 0.1) is 6.92 Å². The standard InChI is InChI=1S/C13H20N2O4/c1-6-19-10(16)7-8(2)11-9(3)14(4)13(18)15(5)12(11)17/h8H,6-7H2,1-5H3/t8-/m1/s1. The number of hydrogen-bond acceptors (Lipinski definition) is 4. The Morgan fingerprint density at radius 3 is 2.37 bits per heavy atom. The maximum Gasteiger partial charge on any atom is 0.330 e. The van der Waals surface area contributed by atoms with Crippen LogP contribution in [0.5, 0.6) is 0 Å². The Morgan fingerprint density at radius 1 is 1.26 bits per heavy atom. The summed E-state index contributed by atoms with van der Waals surface area (Å²) in [7, 11) is 3.04. The maximum absolute atomic E-state index is 12.1. The molecule has 0 saturated heterocycles. The molecule has 1 aromatic heterocycles. The van der Waals surface area contributed by atoms with Crippen molar-refractivity contribution in [3.63, 3.8) is 0 Å². The van der Waals surface area contributed by atoms with Gasteiger partial charge in [0.2, 0.25) is 0 Å². The average Bonchev–Trinajstić information content (AvgIpc) is 2.34. The number of aromatic nitrogens is 2. The minimum absolute atomic E-state index is 0.127. The van der Waals surface area contributed by atoms with Crippen LogP contribution in [0.4, 0.5) is 0 Å². The van der Waals surface area contributed by atoms with E-state index >= 15 is 0 Å². The first-order valence-electron chi connectivity index (χ1n) is 6.23. The van der Waals surface area contributed by atoms with Gasteiger partial charge in [-0.1, -0.05) is 6.92 Å². The normalized spacial score (nSPS) is 12.3. The van der Waals surface area contributed by atoms with Crippen LogP contribution in [-0.4, -0.2) is 21.7 Å². The van der Waals surface area contributed by atoms with Crippen LogP contribution >= 0.6 is 0 Å². The fraction of sp³-hybridized carbons (Fsp3) is 0.615. The SMILES string of the molecule is CCOC(=O)C[C@@H](C)c1c(C)n(C)c(=O)n(C)c1=O. The number of rotatable bonds is 4. The van der Waals surface area contributed by atoms with Gasteiger partial charge in [0.05, 0.1) is 13.0 Å².